The van der Waals surface area contributed by atoms with E-state index in [1.54, 1.807) is 13.8 Å². The van der Waals surface area contributed by atoms with Crippen LogP contribution in [-0.4, -0.2) is 52.2 Å². The molecule has 0 bridgehead atoms. The summed E-state index contributed by atoms with van der Waals surface area (Å²) >= 11 is 0. The van der Waals surface area contributed by atoms with Crippen molar-refractivity contribution in [3.63, 3.8) is 0 Å². The highest BCUT2D eigenvalue weighted by Gasteiger charge is 2.30. The van der Waals surface area contributed by atoms with Gasteiger partial charge in [0.2, 0.25) is 27.6 Å². The van der Waals surface area contributed by atoms with Crippen LogP contribution in [0.5, 0.6) is 0 Å². The van der Waals surface area contributed by atoms with E-state index in [0.717, 1.165) is 40.3 Å². The minimum Gasteiger partial charge on any atom is -0.418 e. The lowest BCUT2D eigenvalue weighted by Gasteiger charge is -2.20. The van der Waals surface area contributed by atoms with Gasteiger partial charge in [-0.2, -0.15) is 0 Å². The molecule has 4 rings (SSSR count). The van der Waals surface area contributed by atoms with Gasteiger partial charge in [0.05, 0.1) is 24.9 Å². The van der Waals surface area contributed by atoms with E-state index in [1.807, 2.05) is 31.2 Å². The molecule has 14 heteroatoms. The Hall–Kier alpha value is -4.72. The Morgan fingerprint density at radius 3 is 2.45 bits per heavy atom. The third kappa shape index (κ3) is 7.51. The van der Waals surface area contributed by atoms with Crippen molar-refractivity contribution in [2.75, 3.05) is 11.0 Å². The number of hydrogen-bond donors (Lipinski definition) is 2. The molecule has 0 aliphatic carbocycles. The fourth-order valence-corrected chi connectivity index (χ4v) is 4.73. The molecule has 0 aliphatic heterocycles. The number of aryl methyl sites for hydroxylation is 1. The molecule has 0 fully saturated rings. The quantitative estimate of drug-likeness (QED) is 0.248. The number of amides is 1. The number of sulfonamides is 1. The predicted molar refractivity (Wildman–Crippen MR) is 152 cm³/mol. The molecule has 2 heterocycles. The van der Waals surface area contributed by atoms with Crippen LogP contribution < -0.4 is 15.6 Å². The number of hydrogen-bond acceptors (Lipinski definition) is 9. The largest absolute Gasteiger partial charge is 0.418 e. The van der Waals surface area contributed by atoms with Crippen LogP contribution >= 0.6 is 0 Å². The van der Waals surface area contributed by atoms with E-state index >= 15 is 0 Å². The van der Waals surface area contributed by atoms with Crippen LogP contribution in [0.4, 0.5) is 10.1 Å². The van der Waals surface area contributed by atoms with Gasteiger partial charge in [0.1, 0.15) is 23.9 Å². The molecule has 2 aromatic heterocycles. The Labute approximate surface area is 241 Å². The molecule has 2 N–H and O–H groups in total. The first-order valence-corrected chi connectivity index (χ1v) is 14.7. The number of anilines is 1. The zero-order chi connectivity index (χ0) is 30.6. The molecule has 4 aromatic rings. The number of carbonyl (C=O) groups excluding carboxylic acids is 2. The van der Waals surface area contributed by atoms with Crippen molar-refractivity contribution >= 4 is 27.4 Å². The summed E-state index contributed by atoms with van der Waals surface area (Å²) in [5.74, 6) is -2.35. The normalized spacial score (nSPS) is 12.2. The number of Topliss-reactive ketones (excluding diaryl/α,β-unsaturated/α-hetero) is 1. The number of rotatable bonds is 11. The van der Waals surface area contributed by atoms with Crippen LogP contribution in [-0.2, 0) is 27.8 Å². The Morgan fingerprint density at radius 1 is 1.10 bits per heavy atom. The molecule has 42 heavy (non-hydrogen) atoms. The summed E-state index contributed by atoms with van der Waals surface area (Å²) in [6, 6.07) is 11.6. The molecular weight excluding hydrogens is 567 g/mol. The van der Waals surface area contributed by atoms with Gasteiger partial charge < -0.3 is 9.73 Å². The SMILES string of the molecule is Cc1cccc(Cc2nnc(C(=O)[C@@H](NC(=O)Cn3c(-c4ccc(F)cc4)ncc(NS(C)(=O)=O)c3=O)C(C)C)o2)c1. The second kappa shape index (κ2) is 12.4. The fourth-order valence-electron chi connectivity index (χ4n) is 4.19. The maximum atomic E-state index is 13.5. The van der Waals surface area contributed by atoms with E-state index in [4.69, 9.17) is 4.42 Å². The first kappa shape index (κ1) is 30.2. The maximum Gasteiger partial charge on any atom is 0.286 e. The molecule has 220 valence electrons. The van der Waals surface area contributed by atoms with Crippen LogP contribution in [0.15, 0.2) is 63.9 Å². The highest BCUT2D eigenvalue weighted by molar-refractivity contribution is 7.92. The van der Waals surface area contributed by atoms with E-state index in [-0.39, 0.29) is 23.3 Å². The van der Waals surface area contributed by atoms with Crippen molar-refractivity contribution in [1.29, 1.82) is 0 Å². The highest BCUT2D eigenvalue weighted by atomic mass is 32.2. The summed E-state index contributed by atoms with van der Waals surface area (Å²) in [7, 11) is -3.84. The Kier molecular flexibility index (Phi) is 8.95. The van der Waals surface area contributed by atoms with Crippen molar-refractivity contribution in [3.8, 4) is 11.4 Å². The summed E-state index contributed by atoms with van der Waals surface area (Å²) in [4.78, 5) is 43.9. The molecule has 1 atom stereocenters. The van der Waals surface area contributed by atoms with E-state index in [0.29, 0.717) is 12.0 Å². The number of nitrogens with zero attached hydrogens (tertiary/aromatic N) is 4. The van der Waals surface area contributed by atoms with Gasteiger partial charge >= 0.3 is 0 Å². The summed E-state index contributed by atoms with van der Waals surface area (Å²) in [6.07, 6.45) is 2.20. The Morgan fingerprint density at radius 2 is 1.81 bits per heavy atom. The second-order valence-electron chi connectivity index (χ2n) is 10.1. The van der Waals surface area contributed by atoms with Crippen molar-refractivity contribution < 1.29 is 26.8 Å². The number of aromatic nitrogens is 4. The zero-order valence-corrected chi connectivity index (χ0v) is 24.1. The predicted octanol–water partition coefficient (Wildman–Crippen LogP) is 2.73. The van der Waals surface area contributed by atoms with E-state index in [2.05, 4.69) is 25.2 Å². The lowest BCUT2D eigenvalue weighted by atomic mass is 9.99. The Bertz CT molecular complexity index is 1780. The van der Waals surface area contributed by atoms with E-state index in [9.17, 15) is 27.2 Å². The van der Waals surface area contributed by atoms with Gasteiger partial charge in [-0.1, -0.05) is 43.7 Å². The standard InChI is InChI=1S/C28H29FN6O6S/c1-16(2)24(25(37)27-33-32-23(41-27)13-18-7-5-6-17(3)12-18)31-22(36)15-35-26(19-8-10-20(29)11-9-19)30-14-21(28(35)38)34-42(4,39)40/h5-12,14,16,24,34H,13,15H2,1-4H3,(H,31,36)/t24-/m0/s1. The smallest absolute Gasteiger partial charge is 0.286 e. The number of halogens is 1. The van der Waals surface area contributed by atoms with Crippen LogP contribution in [0.2, 0.25) is 0 Å². The van der Waals surface area contributed by atoms with Crippen molar-refractivity contribution in [2.45, 2.75) is 39.8 Å². The molecule has 2 aromatic carbocycles. The number of benzene rings is 2. The van der Waals surface area contributed by atoms with Gasteiger partial charge in [0.15, 0.2) is 0 Å². The van der Waals surface area contributed by atoms with Gasteiger partial charge in [-0.3, -0.25) is 23.7 Å². The second-order valence-corrected chi connectivity index (χ2v) is 11.8. The van der Waals surface area contributed by atoms with E-state index < -0.39 is 51.6 Å². The molecule has 0 saturated heterocycles. The minimum absolute atomic E-state index is 0.0145. The third-order valence-electron chi connectivity index (χ3n) is 6.13. The van der Waals surface area contributed by atoms with Gasteiger partial charge in [-0.15, -0.1) is 10.2 Å². The molecule has 0 spiro atoms. The zero-order valence-electron chi connectivity index (χ0n) is 23.3. The summed E-state index contributed by atoms with van der Waals surface area (Å²) in [5.41, 5.74) is 1.03. The summed E-state index contributed by atoms with van der Waals surface area (Å²) in [6.45, 7) is 4.74. The Balaban J connectivity index is 1.58. The molecule has 0 unspecified atom stereocenters. The molecule has 0 saturated carbocycles. The van der Waals surface area contributed by atoms with Gasteiger partial charge in [0.25, 0.3) is 11.4 Å². The minimum atomic E-state index is -3.84. The first-order valence-electron chi connectivity index (χ1n) is 12.9. The fraction of sp³-hybridized carbons (Fsp3) is 0.286. The van der Waals surface area contributed by atoms with Crippen molar-refractivity contribution in [1.82, 2.24) is 25.1 Å². The van der Waals surface area contributed by atoms with Crippen LogP contribution in [0.25, 0.3) is 11.4 Å². The molecular formula is C28H29FN6O6S. The van der Waals surface area contributed by atoms with Crippen LogP contribution in [0.1, 0.15) is 41.6 Å². The topological polar surface area (TPSA) is 166 Å². The number of nitrogens with one attached hydrogen (secondary N) is 2. The highest BCUT2D eigenvalue weighted by Crippen LogP contribution is 2.18. The third-order valence-corrected chi connectivity index (χ3v) is 6.72. The van der Waals surface area contributed by atoms with Gasteiger partial charge in [-0.25, -0.2) is 17.8 Å². The van der Waals surface area contributed by atoms with Crippen LogP contribution in [0, 0.1) is 18.7 Å². The molecule has 0 radical (unpaired) electrons. The van der Waals surface area contributed by atoms with Gasteiger partial charge in [0, 0.05) is 5.56 Å². The van der Waals surface area contributed by atoms with Crippen molar-refractivity contribution in [3.05, 3.63) is 93.8 Å². The van der Waals surface area contributed by atoms with E-state index in [1.165, 1.54) is 12.1 Å². The summed E-state index contributed by atoms with van der Waals surface area (Å²) < 4.78 is 45.7. The average Bonchev–Trinajstić information content (AvgIpc) is 3.37. The number of carbonyl (C=O) groups is 2. The maximum absolute atomic E-state index is 13.5. The number of ketones is 1. The van der Waals surface area contributed by atoms with Gasteiger partial charge in [-0.05, 0) is 42.7 Å². The molecule has 1 amide bonds. The molecule has 0 aliphatic rings. The molecule has 12 nitrogen and oxygen atoms in total. The van der Waals surface area contributed by atoms with Crippen molar-refractivity contribution in [2.24, 2.45) is 5.92 Å². The average molecular weight is 597 g/mol. The summed E-state index contributed by atoms with van der Waals surface area (Å²) in [5, 5.41) is 10.4. The lowest BCUT2D eigenvalue weighted by Crippen LogP contribution is -2.46. The lowest BCUT2D eigenvalue weighted by molar-refractivity contribution is -0.122. The monoisotopic (exact) mass is 596 g/mol. The first-order chi connectivity index (χ1) is 19.8. The van der Waals surface area contributed by atoms with Crippen LogP contribution in [0.3, 0.4) is 0 Å².